The number of piperazine rings is 1. The van der Waals surface area contributed by atoms with Gasteiger partial charge in [-0.2, -0.15) is 0 Å². The number of amides is 1. The highest BCUT2D eigenvalue weighted by Gasteiger charge is 2.15. The molecule has 0 saturated carbocycles. The molecule has 1 aliphatic heterocycles. The van der Waals surface area contributed by atoms with Crippen molar-refractivity contribution in [1.29, 1.82) is 0 Å². The summed E-state index contributed by atoms with van der Waals surface area (Å²) in [5, 5.41) is 0. The van der Waals surface area contributed by atoms with Crippen molar-refractivity contribution in [3.05, 3.63) is 23.7 Å². The molecule has 0 aromatic carbocycles. The van der Waals surface area contributed by atoms with E-state index in [9.17, 15) is 4.79 Å². The zero-order valence-electron chi connectivity index (χ0n) is 9.69. The number of rotatable bonds is 4. The van der Waals surface area contributed by atoms with Crippen LogP contribution in [0.5, 0.6) is 0 Å². The standard InChI is InChI=1S/C12H18N2O2/c1-11-2-3-12(16-11)4-5-13-6-8-14(10-15)9-7-13/h2-3,10H,4-9H2,1H3. The van der Waals surface area contributed by atoms with Gasteiger partial charge in [0.1, 0.15) is 11.5 Å². The van der Waals surface area contributed by atoms with Crippen LogP contribution in [0.15, 0.2) is 16.5 Å². The van der Waals surface area contributed by atoms with E-state index in [2.05, 4.69) is 4.90 Å². The van der Waals surface area contributed by atoms with Gasteiger partial charge in [-0.3, -0.25) is 9.69 Å². The van der Waals surface area contributed by atoms with Crippen molar-refractivity contribution in [3.63, 3.8) is 0 Å². The van der Waals surface area contributed by atoms with Crippen LogP contribution in [-0.2, 0) is 11.2 Å². The lowest BCUT2D eigenvalue weighted by molar-refractivity contribution is -0.119. The first-order valence-electron chi connectivity index (χ1n) is 5.75. The van der Waals surface area contributed by atoms with Gasteiger partial charge in [-0.25, -0.2) is 0 Å². The van der Waals surface area contributed by atoms with Gasteiger partial charge in [0.05, 0.1) is 0 Å². The molecule has 4 nitrogen and oxygen atoms in total. The van der Waals surface area contributed by atoms with Crippen molar-refractivity contribution in [2.75, 3.05) is 32.7 Å². The van der Waals surface area contributed by atoms with Crippen LogP contribution in [0.3, 0.4) is 0 Å². The van der Waals surface area contributed by atoms with E-state index < -0.39 is 0 Å². The molecular formula is C12H18N2O2. The minimum Gasteiger partial charge on any atom is -0.466 e. The third kappa shape index (κ3) is 2.85. The minimum atomic E-state index is 0.848. The fourth-order valence-electron chi connectivity index (χ4n) is 1.98. The summed E-state index contributed by atoms with van der Waals surface area (Å²) in [7, 11) is 0. The summed E-state index contributed by atoms with van der Waals surface area (Å²) in [4.78, 5) is 14.7. The first-order chi connectivity index (χ1) is 7.78. The van der Waals surface area contributed by atoms with Crippen LogP contribution in [0.1, 0.15) is 11.5 Å². The first-order valence-corrected chi connectivity index (χ1v) is 5.75. The molecule has 1 aromatic heterocycles. The number of carbonyl (C=O) groups is 1. The van der Waals surface area contributed by atoms with E-state index in [4.69, 9.17) is 4.42 Å². The highest BCUT2D eigenvalue weighted by molar-refractivity contribution is 5.47. The topological polar surface area (TPSA) is 36.7 Å². The van der Waals surface area contributed by atoms with Gasteiger partial charge in [-0.15, -0.1) is 0 Å². The Kier molecular flexibility index (Phi) is 3.62. The molecule has 0 atom stereocenters. The number of hydrogen-bond donors (Lipinski definition) is 0. The smallest absolute Gasteiger partial charge is 0.209 e. The number of hydrogen-bond acceptors (Lipinski definition) is 3. The lowest BCUT2D eigenvalue weighted by atomic mass is 10.2. The second-order valence-electron chi connectivity index (χ2n) is 4.25. The van der Waals surface area contributed by atoms with Gasteiger partial charge in [0.15, 0.2) is 0 Å². The summed E-state index contributed by atoms with van der Waals surface area (Å²) >= 11 is 0. The van der Waals surface area contributed by atoms with E-state index in [1.54, 1.807) is 0 Å². The lowest BCUT2D eigenvalue weighted by Gasteiger charge is -2.32. The van der Waals surface area contributed by atoms with E-state index in [0.717, 1.165) is 57.1 Å². The summed E-state index contributed by atoms with van der Waals surface area (Å²) < 4.78 is 5.52. The fourth-order valence-corrected chi connectivity index (χ4v) is 1.98. The monoisotopic (exact) mass is 222 g/mol. The second-order valence-corrected chi connectivity index (χ2v) is 4.25. The number of furan rings is 1. The van der Waals surface area contributed by atoms with E-state index in [1.165, 1.54) is 0 Å². The normalized spacial score (nSPS) is 17.7. The second kappa shape index (κ2) is 5.16. The largest absolute Gasteiger partial charge is 0.466 e. The SMILES string of the molecule is Cc1ccc(CCN2CCN(C=O)CC2)o1. The molecule has 1 fully saturated rings. The molecule has 0 N–H and O–H groups in total. The van der Waals surface area contributed by atoms with Crippen LogP contribution in [0.2, 0.25) is 0 Å². The molecule has 2 heterocycles. The first kappa shape index (κ1) is 11.2. The maximum Gasteiger partial charge on any atom is 0.209 e. The van der Waals surface area contributed by atoms with Gasteiger partial charge in [0.2, 0.25) is 6.41 Å². The van der Waals surface area contributed by atoms with Crippen molar-refractivity contribution in [1.82, 2.24) is 9.80 Å². The predicted octanol–water partition coefficient (Wildman–Crippen LogP) is 0.905. The van der Waals surface area contributed by atoms with E-state index in [-0.39, 0.29) is 0 Å². The average Bonchev–Trinajstić information content (AvgIpc) is 2.73. The van der Waals surface area contributed by atoms with Gasteiger partial charge in [0.25, 0.3) is 0 Å². The van der Waals surface area contributed by atoms with Crippen molar-refractivity contribution >= 4 is 6.41 Å². The molecule has 1 saturated heterocycles. The fraction of sp³-hybridized carbons (Fsp3) is 0.583. The molecule has 1 aliphatic rings. The Labute approximate surface area is 95.8 Å². The Bertz CT molecular complexity index is 341. The molecule has 16 heavy (non-hydrogen) atoms. The van der Waals surface area contributed by atoms with Gasteiger partial charge in [0, 0.05) is 39.1 Å². The van der Waals surface area contributed by atoms with Crippen molar-refractivity contribution in [2.24, 2.45) is 0 Å². The van der Waals surface area contributed by atoms with E-state index >= 15 is 0 Å². The average molecular weight is 222 g/mol. The van der Waals surface area contributed by atoms with Crippen molar-refractivity contribution < 1.29 is 9.21 Å². The van der Waals surface area contributed by atoms with Crippen LogP contribution in [0, 0.1) is 6.92 Å². The van der Waals surface area contributed by atoms with Gasteiger partial charge >= 0.3 is 0 Å². The summed E-state index contributed by atoms with van der Waals surface area (Å²) in [6.07, 6.45) is 1.89. The van der Waals surface area contributed by atoms with Crippen LogP contribution >= 0.6 is 0 Å². The van der Waals surface area contributed by atoms with Gasteiger partial charge < -0.3 is 9.32 Å². The van der Waals surface area contributed by atoms with Crippen LogP contribution < -0.4 is 0 Å². The summed E-state index contributed by atoms with van der Waals surface area (Å²) in [6, 6.07) is 4.04. The molecule has 0 unspecified atom stereocenters. The minimum absolute atomic E-state index is 0.848. The highest BCUT2D eigenvalue weighted by atomic mass is 16.3. The third-order valence-electron chi connectivity index (χ3n) is 3.03. The zero-order valence-corrected chi connectivity index (χ0v) is 9.69. The molecular weight excluding hydrogens is 204 g/mol. The Morgan fingerprint density at radius 3 is 2.62 bits per heavy atom. The molecule has 0 aliphatic carbocycles. The Morgan fingerprint density at radius 2 is 2.06 bits per heavy atom. The summed E-state index contributed by atoms with van der Waals surface area (Å²) in [6.45, 7) is 6.62. The maximum absolute atomic E-state index is 10.5. The van der Waals surface area contributed by atoms with Gasteiger partial charge in [-0.1, -0.05) is 0 Å². The molecule has 1 amide bonds. The molecule has 4 heteroatoms. The van der Waals surface area contributed by atoms with Crippen molar-refractivity contribution in [2.45, 2.75) is 13.3 Å². The molecule has 0 radical (unpaired) electrons. The predicted molar refractivity (Wildman–Crippen MR) is 61.2 cm³/mol. The Hall–Kier alpha value is -1.29. The third-order valence-corrected chi connectivity index (χ3v) is 3.03. The molecule has 88 valence electrons. The van der Waals surface area contributed by atoms with Gasteiger partial charge in [-0.05, 0) is 19.1 Å². The van der Waals surface area contributed by atoms with Crippen LogP contribution in [0.25, 0.3) is 0 Å². The maximum atomic E-state index is 10.5. The van der Waals surface area contributed by atoms with E-state index in [1.807, 2.05) is 24.0 Å². The number of carbonyl (C=O) groups excluding carboxylic acids is 1. The zero-order chi connectivity index (χ0) is 11.4. The highest BCUT2D eigenvalue weighted by Crippen LogP contribution is 2.08. The van der Waals surface area contributed by atoms with Crippen LogP contribution in [0.4, 0.5) is 0 Å². The summed E-state index contributed by atoms with van der Waals surface area (Å²) in [5.74, 6) is 2.02. The number of nitrogens with zero attached hydrogens (tertiary/aromatic N) is 2. The molecule has 0 spiro atoms. The number of aryl methyl sites for hydroxylation is 1. The van der Waals surface area contributed by atoms with Crippen molar-refractivity contribution in [3.8, 4) is 0 Å². The lowest BCUT2D eigenvalue weighted by Crippen LogP contribution is -2.46. The molecule has 1 aromatic rings. The summed E-state index contributed by atoms with van der Waals surface area (Å²) in [5.41, 5.74) is 0. The Balaban J connectivity index is 1.73. The van der Waals surface area contributed by atoms with E-state index in [0.29, 0.717) is 0 Å². The quantitative estimate of drug-likeness (QED) is 0.710. The molecule has 2 rings (SSSR count). The molecule has 0 bridgehead atoms. The Morgan fingerprint density at radius 1 is 1.31 bits per heavy atom. The van der Waals surface area contributed by atoms with Crippen LogP contribution in [-0.4, -0.2) is 48.9 Å².